The van der Waals surface area contributed by atoms with Crippen LogP contribution in [-0.4, -0.2) is 36.0 Å². The molecule has 21 heavy (non-hydrogen) atoms. The second kappa shape index (κ2) is 5.05. The van der Waals surface area contributed by atoms with Crippen molar-refractivity contribution in [3.63, 3.8) is 0 Å². The lowest BCUT2D eigenvalue weighted by atomic mass is 9.95. The molecule has 1 heterocycles. The summed E-state index contributed by atoms with van der Waals surface area (Å²) in [6.45, 7) is 3.97. The van der Waals surface area contributed by atoms with Crippen LogP contribution in [-0.2, 0) is 10.5 Å². The minimum absolute atomic E-state index is 0.206. The van der Waals surface area contributed by atoms with Gasteiger partial charge in [0, 0.05) is 12.1 Å². The largest absolute Gasteiger partial charge is 0.346 e. The molecule has 1 aliphatic heterocycles. The summed E-state index contributed by atoms with van der Waals surface area (Å²) in [4.78, 5) is 14.5. The summed E-state index contributed by atoms with van der Waals surface area (Å²) in [6.07, 6.45) is 2.91. The Morgan fingerprint density at radius 1 is 1.38 bits per heavy atom. The summed E-state index contributed by atoms with van der Waals surface area (Å²) in [5.74, 6) is -1.43. The number of carbonyl (C=O) groups is 1. The number of carbonyl (C=O) groups excluding carboxylic acids is 1. The standard InChI is InChI=1S/C16H20F2N2O/c1-15(18,12-5-2-3-6-13(12)17)14(21)19-16(7-8-16)11-20-9-4-10-20/h2-3,5-6H,4,7-11H2,1H3,(H,19,21). The lowest BCUT2D eigenvalue weighted by Gasteiger charge is -2.35. The van der Waals surface area contributed by atoms with Crippen LogP contribution in [0.1, 0.15) is 31.7 Å². The molecule has 0 aromatic heterocycles. The van der Waals surface area contributed by atoms with Gasteiger partial charge >= 0.3 is 0 Å². The van der Waals surface area contributed by atoms with E-state index in [2.05, 4.69) is 10.2 Å². The van der Waals surface area contributed by atoms with Gasteiger partial charge in [0.15, 0.2) is 0 Å². The van der Waals surface area contributed by atoms with Crippen molar-refractivity contribution in [1.29, 1.82) is 0 Å². The fourth-order valence-corrected chi connectivity index (χ4v) is 2.76. The van der Waals surface area contributed by atoms with E-state index in [0.29, 0.717) is 0 Å². The molecule has 1 unspecified atom stereocenters. The van der Waals surface area contributed by atoms with E-state index in [1.54, 1.807) is 0 Å². The van der Waals surface area contributed by atoms with Crippen molar-refractivity contribution in [3.8, 4) is 0 Å². The molecule has 114 valence electrons. The van der Waals surface area contributed by atoms with Gasteiger partial charge in [-0.3, -0.25) is 4.79 Å². The highest BCUT2D eigenvalue weighted by molar-refractivity contribution is 5.87. The number of hydrogen-bond acceptors (Lipinski definition) is 2. The summed E-state index contributed by atoms with van der Waals surface area (Å²) < 4.78 is 28.5. The second-order valence-electron chi connectivity index (χ2n) is 6.35. The average Bonchev–Trinajstić information content (AvgIpc) is 3.14. The third kappa shape index (κ3) is 2.79. The molecule has 1 saturated heterocycles. The summed E-state index contributed by atoms with van der Waals surface area (Å²) in [7, 11) is 0. The summed E-state index contributed by atoms with van der Waals surface area (Å²) in [6, 6.07) is 5.52. The van der Waals surface area contributed by atoms with Gasteiger partial charge < -0.3 is 10.2 Å². The zero-order valence-corrected chi connectivity index (χ0v) is 12.2. The Bertz CT molecular complexity index is 551. The van der Waals surface area contributed by atoms with Crippen LogP contribution in [0.4, 0.5) is 8.78 Å². The molecule has 1 aromatic rings. The highest BCUT2D eigenvalue weighted by Crippen LogP contribution is 2.39. The highest BCUT2D eigenvalue weighted by Gasteiger charge is 2.49. The van der Waals surface area contributed by atoms with Crippen LogP contribution in [0.3, 0.4) is 0 Å². The first-order chi connectivity index (χ1) is 9.93. The number of rotatable bonds is 5. The molecule has 2 fully saturated rings. The van der Waals surface area contributed by atoms with Crippen molar-refractivity contribution in [2.45, 2.75) is 37.4 Å². The van der Waals surface area contributed by atoms with Crippen LogP contribution in [0.15, 0.2) is 24.3 Å². The first-order valence-corrected chi connectivity index (χ1v) is 7.42. The van der Waals surface area contributed by atoms with Gasteiger partial charge in [0.2, 0.25) is 5.67 Å². The van der Waals surface area contributed by atoms with E-state index in [1.807, 2.05) is 0 Å². The zero-order chi connectivity index (χ0) is 15.1. The van der Waals surface area contributed by atoms with Crippen LogP contribution in [0.2, 0.25) is 0 Å². The molecule has 1 aromatic carbocycles. The molecule has 1 amide bonds. The molecular weight excluding hydrogens is 274 g/mol. The van der Waals surface area contributed by atoms with Crippen molar-refractivity contribution in [1.82, 2.24) is 10.2 Å². The number of nitrogens with one attached hydrogen (secondary N) is 1. The maximum atomic E-state index is 14.8. The van der Waals surface area contributed by atoms with Gasteiger partial charge in [-0.25, -0.2) is 8.78 Å². The van der Waals surface area contributed by atoms with Gasteiger partial charge in [-0.15, -0.1) is 0 Å². The lowest BCUT2D eigenvalue weighted by molar-refractivity contribution is -0.133. The number of halogens is 2. The van der Waals surface area contributed by atoms with Gasteiger partial charge in [-0.05, 0) is 45.3 Å². The molecule has 0 bridgehead atoms. The normalized spacial score (nSPS) is 23.0. The first-order valence-electron chi connectivity index (χ1n) is 7.42. The third-order valence-electron chi connectivity index (χ3n) is 4.51. The predicted molar refractivity (Wildman–Crippen MR) is 76.0 cm³/mol. The minimum atomic E-state index is -2.35. The highest BCUT2D eigenvalue weighted by atomic mass is 19.1. The summed E-state index contributed by atoms with van der Waals surface area (Å²) in [5, 5.41) is 2.81. The Labute approximate surface area is 123 Å². The molecule has 5 heteroatoms. The Hall–Kier alpha value is -1.49. The quantitative estimate of drug-likeness (QED) is 0.904. The van der Waals surface area contributed by atoms with E-state index >= 15 is 0 Å². The number of amides is 1. The molecule has 1 N–H and O–H groups in total. The van der Waals surface area contributed by atoms with Crippen molar-refractivity contribution in [2.75, 3.05) is 19.6 Å². The van der Waals surface area contributed by atoms with E-state index in [4.69, 9.17) is 0 Å². The Kier molecular flexibility index (Phi) is 3.48. The molecular formula is C16H20F2N2O. The van der Waals surface area contributed by atoms with Crippen LogP contribution >= 0.6 is 0 Å². The van der Waals surface area contributed by atoms with Crippen molar-refractivity contribution >= 4 is 5.91 Å². The van der Waals surface area contributed by atoms with Crippen LogP contribution in [0, 0.1) is 5.82 Å². The number of likely N-dealkylation sites (tertiary alicyclic amines) is 1. The number of nitrogens with zero attached hydrogens (tertiary/aromatic N) is 1. The number of hydrogen-bond donors (Lipinski definition) is 1. The Morgan fingerprint density at radius 3 is 2.57 bits per heavy atom. The molecule has 1 aliphatic carbocycles. The van der Waals surface area contributed by atoms with E-state index in [0.717, 1.165) is 39.4 Å². The first kappa shape index (κ1) is 14.4. The summed E-state index contributed by atoms with van der Waals surface area (Å²) >= 11 is 0. The number of alkyl halides is 1. The topological polar surface area (TPSA) is 32.3 Å². The minimum Gasteiger partial charge on any atom is -0.346 e. The van der Waals surface area contributed by atoms with Gasteiger partial charge in [0.1, 0.15) is 5.82 Å². The van der Waals surface area contributed by atoms with Crippen LogP contribution in [0.25, 0.3) is 0 Å². The summed E-state index contributed by atoms with van der Waals surface area (Å²) in [5.41, 5.74) is -2.87. The van der Waals surface area contributed by atoms with E-state index in [9.17, 15) is 13.6 Å². The third-order valence-corrected chi connectivity index (χ3v) is 4.51. The van der Waals surface area contributed by atoms with Gasteiger partial charge in [-0.2, -0.15) is 0 Å². The molecule has 1 atom stereocenters. The fourth-order valence-electron chi connectivity index (χ4n) is 2.76. The van der Waals surface area contributed by atoms with Crippen molar-refractivity contribution in [3.05, 3.63) is 35.6 Å². The van der Waals surface area contributed by atoms with Gasteiger partial charge in [0.05, 0.1) is 5.54 Å². The van der Waals surface area contributed by atoms with E-state index in [-0.39, 0.29) is 11.1 Å². The maximum absolute atomic E-state index is 14.8. The lowest BCUT2D eigenvalue weighted by Crippen LogP contribution is -2.53. The zero-order valence-electron chi connectivity index (χ0n) is 12.2. The Balaban J connectivity index is 1.71. The average molecular weight is 294 g/mol. The van der Waals surface area contributed by atoms with Crippen LogP contribution < -0.4 is 5.32 Å². The van der Waals surface area contributed by atoms with Gasteiger partial charge in [0.25, 0.3) is 5.91 Å². The van der Waals surface area contributed by atoms with Crippen molar-refractivity contribution in [2.24, 2.45) is 0 Å². The van der Waals surface area contributed by atoms with E-state index < -0.39 is 17.4 Å². The van der Waals surface area contributed by atoms with Crippen molar-refractivity contribution < 1.29 is 13.6 Å². The van der Waals surface area contributed by atoms with Gasteiger partial charge in [-0.1, -0.05) is 18.2 Å². The molecule has 3 rings (SSSR count). The molecule has 3 nitrogen and oxygen atoms in total. The Morgan fingerprint density at radius 2 is 2.05 bits per heavy atom. The fraction of sp³-hybridized carbons (Fsp3) is 0.562. The molecule has 0 radical (unpaired) electrons. The molecule has 1 saturated carbocycles. The van der Waals surface area contributed by atoms with E-state index in [1.165, 1.54) is 30.7 Å². The molecule has 2 aliphatic rings. The second-order valence-corrected chi connectivity index (χ2v) is 6.35. The van der Waals surface area contributed by atoms with Crippen LogP contribution in [0.5, 0.6) is 0 Å². The maximum Gasteiger partial charge on any atom is 0.262 e. The SMILES string of the molecule is CC(F)(C(=O)NC1(CN2CCC2)CC1)c1ccccc1F. The number of benzene rings is 1. The monoisotopic (exact) mass is 294 g/mol. The smallest absolute Gasteiger partial charge is 0.262 e. The molecule has 0 spiro atoms. The predicted octanol–water partition coefficient (Wildman–Crippen LogP) is 2.36.